The van der Waals surface area contributed by atoms with Crippen LogP contribution in [0.15, 0.2) is 35.3 Å². The molecule has 9 heteroatoms. The number of fused-ring (bicyclic) bond motifs is 1. The molecule has 1 aromatic carbocycles. The highest BCUT2D eigenvalue weighted by atomic mass is 16.5. The first-order chi connectivity index (χ1) is 15.1. The number of carboxylic acid groups (broad SMARTS) is 1. The van der Waals surface area contributed by atoms with Gasteiger partial charge in [0.1, 0.15) is 11.9 Å². The van der Waals surface area contributed by atoms with Gasteiger partial charge in [-0.25, -0.2) is 4.98 Å². The van der Waals surface area contributed by atoms with Gasteiger partial charge in [-0.2, -0.15) is 0 Å². The number of benzene rings is 1. The predicted molar refractivity (Wildman–Crippen MR) is 122 cm³/mol. The van der Waals surface area contributed by atoms with Crippen LogP contribution < -0.4 is 10.9 Å². The number of aliphatic hydroxyl groups is 1. The van der Waals surface area contributed by atoms with Crippen LogP contribution in [0, 0.1) is 6.92 Å². The van der Waals surface area contributed by atoms with E-state index < -0.39 is 18.1 Å². The highest BCUT2D eigenvalue weighted by Crippen LogP contribution is 2.26. The molecule has 3 atom stereocenters. The molecule has 172 valence electrons. The highest BCUT2D eigenvalue weighted by Gasteiger charge is 2.22. The van der Waals surface area contributed by atoms with Gasteiger partial charge in [0.05, 0.1) is 29.8 Å². The van der Waals surface area contributed by atoms with Crippen molar-refractivity contribution >= 4 is 17.0 Å². The lowest BCUT2D eigenvalue weighted by Gasteiger charge is -2.17. The Morgan fingerprint density at radius 1 is 1.28 bits per heavy atom. The van der Waals surface area contributed by atoms with Gasteiger partial charge in [0.25, 0.3) is 5.56 Å². The molecule has 3 aromatic rings. The number of rotatable bonds is 9. The Balaban J connectivity index is 2.04. The number of aromatic nitrogens is 3. The standard InChI is InChI=1S/C23H30N4O5/c1-13-8-17(12-26(4)22(13)29)21-25-18-9-16(10-24-20(15(3)28)23(30)31)6-7-19(18)27(21)11-14(2)32-5/h6-9,12,14-15,20,24,28H,10-11H2,1-5H3,(H,30,31)/t14?,15-,20+/m1/s1. The van der Waals surface area contributed by atoms with Crippen LogP contribution in [-0.2, 0) is 29.7 Å². The van der Waals surface area contributed by atoms with Crippen LogP contribution in [0.25, 0.3) is 22.4 Å². The molecule has 1 unspecified atom stereocenters. The number of pyridine rings is 1. The van der Waals surface area contributed by atoms with Gasteiger partial charge in [-0.3, -0.25) is 14.9 Å². The smallest absolute Gasteiger partial charge is 0.323 e. The Labute approximate surface area is 186 Å². The topological polar surface area (TPSA) is 119 Å². The van der Waals surface area contributed by atoms with Crippen molar-refractivity contribution in [3.05, 3.63) is 51.9 Å². The number of aliphatic hydroxyl groups excluding tert-OH is 1. The molecule has 3 rings (SSSR count). The van der Waals surface area contributed by atoms with Gasteiger partial charge < -0.3 is 24.1 Å². The number of imidazole rings is 1. The number of carboxylic acids is 1. The Morgan fingerprint density at radius 3 is 2.59 bits per heavy atom. The number of nitrogens with one attached hydrogen (secondary N) is 1. The van der Waals surface area contributed by atoms with Crippen molar-refractivity contribution in [2.45, 2.75) is 52.1 Å². The summed E-state index contributed by atoms with van der Waals surface area (Å²) in [7, 11) is 3.37. The summed E-state index contributed by atoms with van der Waals surface area (Å²) >= 11 is 0. The molecule has 0 radical (unpaired) electrons. The van der Waals surface area contributed by atoms with Crippen LogP contribution in [0.4, 0.5) is 0 Å². The van der Waals surface area contributed by atoms with Gasteiger partial charge in [0.2, 0.25) is 0 Å². The van der Waals surface area contributed by atoms with E-state index in [9.17, 15) is 19.8 Å². The van der Waals surface area contributed by atoms with Gasteiger partial charge >= 0.3 is 5.97 Å². The maximum absolute atomic E-state index is 12.1. The van der Waals surface area contributed by atoms with E-state index in [4.69, 9.17) is 9.72 Å². The average Bonchev–Trinajstić information content (AvgIpc) is 3.08. The van der Waals surface area contributed by atoms with E-state index in [-0.39, 0.29) is 18.2 Å². The molecule has 0 spiro atoms. The summed E-state index contributed by atoms with van der Waals surface area (Å²) in [4.78, 5) is 28.3. The molecule has 0 aliphatic carbocycles. The van der Waals surface area contributed by atoms with E-state index in [1.807, 2.05) is 31.2 Å². The minimum Gasteiger partial charge on any atom is -0.480 e. The van der Waals surface area contributed by atoms with E-state index in [1.54, 1.807) is 31.8 Å². The summed E-state index contributed by atoms with van der Waals surface area (Å²) in [5, 5.41) is 21.8. The number of hydrogen-bond donors (Lipinski definition) is 3. The molecule has 3 N–H and O–H groups in total. The van der Waals surface area contributed by atoms with E-state index in [2.05, 4.69) is 9.88 Å². The molecule has 0 bridgehead atoms. The first-order valence-electron chi connectivity index (χ1n) is 10.5. The molecular weight excluding hydrogens is 412 g/mol. The Hall–Kier alpha value is -3.01. The first-order valence-corrected chi connectivity index (χ1v) is 10.5. The minimum absolute atomic E-state index is 0.0523. The van der Waals surface area contributed by atoms with Crippen molar-refractivity contribution in [2.75, 3.05) is 7.11 Å². The lowest BCUT2D eigenvalue weighted by atomic mass is 10.1. The molecule has 0 aliphatic rings. The Bertz CT molecular complexity index is 1150. The third-order valence-corrected chi connectivity index (χ3v) is 5.55. The lowest BCUT2D eigenvalue weighted by molar-refractivity contribution is -0.142. The molecule has 2 heterocycles. The van der Waals surface area contributed by atoms with Crippen molar-refractivity contribution in [1.82, 2.24) is 19.4 Å². The van der Waals surface area contributed by atoms with E-state index in [0.717, 1.165) is 28.0 Å². The lowest BCUT2D eigenvalue weighted by Crippen LogP contribution is -2.44. The number of carbonyl (C=O) groups is 1. The number of hydrogen-bond acceptors (Lipinski definition) is 6. The maximum atomic E-state index is 12.1. The SMILES string of the molecule is COC(C)Cn1c(-c2cc(C)c(=O)n(C)c2)nc2cc(CN[C@H](C(=O)O)[C@@H](C)O)ccc21. The minimum atomic E-state index is -1.11. The van der Waals surface area contributed by atoms with Crippen LogP contribution in [0.3, 0.4) is 0 Å². The Morgan fingerprint density at radius 2 is 2.00 bits per heavy atom. The molecule has 0 amide bonds. The number of ether oxygens (including phenoxy) is 1. The van der Waals surface area contributed by atoms with Gasteiger partial charge in [-0.05, 0) is 44.5 Å². The fourth-order valence-electron chi connectivity index (χ4n) is 3.71. The summed E-state index contributed by atoms with van der Waals surface area (Å²) < 4.78 is 9.08. The third-order valence-electron chi connectivity index (χ3n) is 5.55. The van der Waals surface area contributed by atoms with Gasteiger partial charge in [0, 0.05) is 38.0 Å². The number of aliphatic carboxylic acids is 1. The quantitative estimate of drug-likeness (QED) is 0.461. The molecular formula is C23H30N4O5. The molecule has 0 fully saturated rings. The van der Waals surface area contributed by atoms with Crippen LogP contribution >= 0.6 is 0 Å². The fourth-order valence-corrected chi connectivity index (χ4v) is 3.71. The Kier molecular flexibility index (Phi) is 7.12. The van der Waals surface area contributed by atoms with Crippen molar-refractivity contribution in [3.8, 4) is 11.4 Å². The number of nitrogens with zero attached hydrogens (tertiary/aromatic N) is 3. The van der Waals surface area contributed by atoms with Crippen molar-refractivity contribution in [1.29, 1.82) is 0 Å². The van der Waals surface area contributed by atoms with Crippen molar-refractivity contribution in [3.63, 3.8) is 0 Å². The second-order valence-corrected chi connectivity index (χ2v) is 8.18. The molecule has 0 saturated heterocycles. The summed E-state index contributed by atoms with van der Waals surface area (Å²) in [6.07, 6.45) is 0.696. The zero-order valence-corrected chi connectivity index (χ0v) is 19.0. The summed E-state index contributed by atoms with van der Waals surface area (Å²) in [6, 6.07) is 6.52. The molecule has 0 aliphatic heterocycles. The second-order valence-electron chi connectivity index (χ2n) is 8.18. The van der Waals surface area contributed by atoms with Crippen LogP contribution in [0.5, 0.6) is 0 Å². The third kappa shape index (κ3) is 4.90. The molecule has 9 nitrogen and oxygen atoms in total. The molecule has 2 aromatic heterocycles. The van der Waals surface area contributed by atoms with Crippen LogP contribution in [0.1, 0.15) is 25.0 Å². The zero-order chi connectivity index (χ0) is 23.6. The van der Waals surface area contributed by atoms with Gasteiger partial charge in [0.15, 0.2) is 0 Å². The van der Waals surface area contributed by atoms with Gasteiger partial charge in [-0.15, -0.1) is 0 Å². The largest absolute Gasteiger partial charge is 0.480 e. The van der Waals surface area contributed by atoms with Gasteiger partial charge in [-0.1, -0.05) is 6.07 Å². The van der Waals surface area contributed by atoms with E-state index >= 15 is 0 Å². The van der Waals surface area contributed by atoms with Crippen LogP contribution in [-0.4, -0.2) is 55.7 Å². The molecule has 32 heavy (non-hydrogen) atoms. The van der Waals surface area contributed by atoms with E-state index in [0.29, 0.717) is 12.1 Å². The van der Waals surface area contributed by atoms with Crippen molar-refractivity contribution in [2.24, 2.45) is 7.05 Å². The summed E-state index contributed by atoms with van der Waals surface area (Å²) in [6.45, 7) is 6.04. The van der Waals surface area contributed by atoms with Crippen molar-refractivity contribution < 1.29 is 19.7 Å². The fraction of sp³-hybridized carbons (Fsp3) is 0.435. The van der Waals surface area contributed by atoms with Crippen LogP contribution in [0.2, 0.25) is 0 Å². The normalized spacial score (nSPS) is 14.4. The first kappa shape index (κ1) is 23.6. The highest BCUT2D eigenvalue weighted by molar-refractivity contribution is 5.81. The second kappa shape index (κ2) is 9.64. The summed E-state index contributed by atoms with van der Waals surface area (Å²) in [5.41, 5.74) is 3.90. The predicted octanol–water partition coefficient (Wildman–Crippen LogP) is 1.67. The number of methoxy groups -OCH3 is 1. The van der Waals surface area contributed by atoms with E-state index in [1.165, 1.54) is 6.92 Å². The maximum Gasteiger partial charge on any atom is 0.323 e. The monoisotopic (exact) mass is 442 g/mol. The zero-order valence-electron chi connectivity index (χ0n) is 19.0. The summed E-state index contributed by atoms with van der Waals surface area (Å²) in [5.74, 6) is -0.383. The molecule has 0 saturated carbocycles. The average molecular weight is 443 g/mol. The number of aryl methyl sites for hydroxylation is 2.